The second-order valence-corrected chi connectivity index (χ2v) is 18.9. The average Bonchev–Trinajstić information content (AvgIpc) is 3.17. The van der Waals surface area contributed by atoms with Gasteiger partial charge >= 0.3 is 19.8 Å². The van der Waals surface area contributed by atoms with Crippen LogP contribution in [0.2, 0.25) is 0 Å². The van der Waals surface area contributed by atoms with Crippen LogP contribution in [0.3, 0.4) is 0 Å². The minimum Gasteiger partial charge on any atom is -0.462 e. The number of carbonyl (C=O) groups is 2. The quantitative estimate of drug-likeness (QED) is 0.0212. The predicted octanol–water partition coefficient (Wildman–Crippen LogP) is 13.9. The van der Waals surface area contributed by atoms with Crippen molar-refractivity contribution < 1.29 is 42.1 Å². The zero-order valence-corrected chi connectivity index (χ0v) is 39.4. The van der Waals surface area contributed by atoms with Crippen LogP contribution in [-0.2, 0) is 32.7 Å². The van der Waals surface area contributed by atoms with E-state index in [4.69, 9.17) is 18.5 Å². The fourth-order valence-electron chi connectivity index (χ4n) is 6.65. The third-order valence-electron chi connectivity index (χ3n) is 10.5. The lowest BCUT2D eigenvalue weighted by Gasteiger charge is -2.24. The molecule has 0 aliphatic heterocycles. The van der Waals surface area contributed by atoms with Crippen molar-refractivity contribution in [1.29, 1.82) is 0 Å². The van der Waals surface area contributed by atoms with E-state index < -0.39 is 26.5 Å². The van der Waals surface area contributed by atoms with Gasteiger partial charge in [-0.2, -0.15) is 0 Å². The Balaban J connectivity index is 4.23. The Bertz CT molecular complexity index is 1040. The van der Waals surface area contributed by atoms with E-state index in [1.165, 1.54) is 135 Å². The standard InChI is InChI=1S/C48H92NO8P/c1-6-8-10-12-14-16-18-20-21-22-23-24-25-26-27-29-30-32-34-36-38-40-47(50)54-44-46(45-56-58(52,53)55-43-42-49(3,4)5)57-48(51)41-39-37-35-33-31-28-19-17-15-13-11-9-7-2/h17,19-21,46H,6-16,18,22-45H2,1-5H3/p+1/b19-17-,21-20-/t46-/m1/s1. The molecule has 342 valence electrons. The number of phosphoric ester groups is 1. The Morgan fingerprint density at radius 1 is 0.517 bits per heavy atom. The van der Waals surface area contributed by atoms with Gasteiger partial charge in [-0.05, 0) is 64.2 Å². The SMILES string of the molecule is CCCCCC/C=C\CCCCCCCC(=O)O[C@H](COC(=O)CCCCCCCCCCCCC/C=C\CCCCCCCC)COP(=O)(O)OCC[N+](C)(C)C. The monoisotopic (exact) mass is 843 g/mol. The lowest BCUT2D eigenvalue weighted by atomic mass is 10.0. The summed E-state index contributed by atoms with van der Waals surface area (Å²) >= 11 is 0. The Morgan fingerprint density at radius 3 is 1.29 bits per heavy atom. The fourth-order valence-corrected chi connectivity index (χ4v) is 7.39. The number of hydrogen-bond acceptors (Lipinski definition) is 7. The van der Waals surface area contributed by atoms with Gasteiger partial charge in [0.1, 0.15) is 19.8 Å². The second kappa shape index (κ2) is 40.9. The minimum absolute atomic E-state index is 0.0315. The molecule has 0 saturated carbocycles. The highest BCUT2D eigenvalue weighted by Gasteiger charge is 2.27. The van der Waals surface area contributed by atoms with E-state index in [0.717, 1.165) is 51.4 Å². The molecule has 0 bridgehead atoms. The van der Waals surface area contributed by atoms with Gasteiger partial charge in [-0.3, -0.25) is 18.6 Å². The molecule has 10 heteroatoms. The first-order chi connectivity index (χ1) is 28.0. The molecule has 9 nitrogen and oxygen atoms in total. The average molecular weight is 843 g/mol. The van der Waals surface area contributed by atoms with Crippen molar-refractivity contribution in [2.24, 2.45) is 0 Å². The molecule has 0 rings (SSSR count). The molecule has 0 heterocycles. The molecule has 0 aromatic carbocycles. The Morgan fingerprint density at radius 2 is 0.879 bits per heavy atom. The van der Waals surface area contributed by atoms with Gasteiger partial charge in [0.15, 0.2) is 6.10 Å². The molecule has 0 aromatic heterocycles. The number of likely N-dealkylation sites (N-methyl/N-ethyl adjacent to an activating group) is 1. The number of allylic oxidation sites excluding steroid dienone is 4. The number of hydrogen-bond donors (Lipinski definition) is 1. The molecule has 0 aromatic rings. The molecule has 1 N–H and O–H groups in total. The van der Waals surface area contributed by atoms with E-state index in [-0.39, 0.29) is 32.0 Å². The van der Waals surface area contributed by atoms with E-state index >= 15 is 0 Å². The van der Waals surface area contributed by atoms with E-state index in [0.29, 0.717) is 17.4 Å². The van der Waals surface area contributed by atoms with Crippen molar-refractivity contribution in [1.82, 2.24) is 0 Å². The highest BCUT2D eigenvalue weighted by Crippen LogP contribution is 2.43. The van der Waals surface area contributed by atoms with Crippen LogP contribution in [0.5, 0.6) is 0 Å². The van der Waals surface area contributed by atoms with Crippen molar-refractivity contribution in [3.63, 3.8) is 0 Å². The summed E-state index contributed by atoms with van der Waals surface area (Å²) < 4.78 is 34.4. The lowest BCUT2D eigenvalue weighted by Crippen LogP contribution is -2.37. The van der Waals surface area contributed by atoms with Gasteiger partial charge in [0.25, 0.3) is 0 Å². The molecule has 0 saturated heterocycles. The van der Waals surface area contributed by atoms with Crippen molar-refractivity contribution in [2.45, 2.75) is 225 Å². The van der Waals surface area contributed by atoms with Gasteiger partial charge in [-0.1, -0.05) is 167 Å². The van der Waals surface area contributed by atoms with Crippen LogP contribution in [0, 0.1) is 0 Å². The molecule has 0 aliphatic rings. The molecule has 0 spiro atoms. The van der Waals surface area contributed by atoms with Crippen molar-refractivity contribution in [3.8, 4) is 0 Å². The maximum absolute atomic E-state index is 12.7. The molecule has 0 fully saturated rings. The largest absolute Gasteiger partial charge is 0.472 e. The van der Waals surface area contributed by atoms with Crippen LogP contribution in [0.15, 0.2) is 24.3 Å². The first-order valence-corrected chi connectivity index (χ1v) is 25.6. The summed E-state index contributed by atoms with van der Waals surface area (Å²) in [5.41, 5.74) is 0. The summed E-state index contributed by atoms with van der Waals surface area (Å²) in [5.74, 6) is -0.803. The molecular weight excluding hydrogens is 750 g/mol. The van der Waals surface area contributed by atoms with Crippen LogP contribution < -0.4 is 0 Å². The summed E-state index contributed by atoms with van der Waals surface area (Å²) in [6.45, 7) is 4.41. The summed E-state index contributed by atoms with van der Waals surface area (Å²) in [5, 5.41) is 0. The Hall–Kier alpha value is -1.51. The van der Waals surface area contributed by atoms with E-state index in [2.05, 4.69) is 38.2 Å². The van der Waals surface area contributed by atoms with Crippen molar-refractivity contribution in [2.75, 3.05) is 47.5 Å². The summed E-state index contributed by atoms with van der Waals surface area (Å²) in [6, 6.07) is 0. The normalized spacial score (nSPS) is 13.7. The molecule has 2 atom stereocenters. The van der Waals surface area contributed by atoms with Gasteiger partial charge in [-0.25, -0.2) is 4.57 Å². The van der Waals surface area contributed by atoms with Gasteiger partial charge < -0.3 is 18.9 Å². The number of quaternary nitrogens is 1. The maximum Gasteiger partial charge on any atom is 0.472 e. The van der Waals surface area contributed by atoms with E-state index in [1.807, 2.05) is 21.1 Å². The van der Waals surface area contributed by atoms with Crippen LogP contribution >= 0.6 is 7.82 Å². The number of rotatable bonds is 44. The molecule has 0 aliphatic carbocycles. The predicted molar refractivity (Wildman–Crippen MR) is 243 cm³/mol. The number of carbonyl (C=O) groups excluding carboxylic acids is 2. The van der Waals surface area contributed by atoms with Crippen molar-refractivity contribution >= 4 is 19.8 Å². The van der Waals surface area contributed by atoms with Gasteiger partial charge in [-0.15, -0.1) is 0 Å². The Labute approximate surface area is 358 Å². The van der Waals surface area contributed by atoms with Gasteiger partial charge in [0.2, 0.25) is 0 Å². The maximum atomic E-state index is 12.7. The zero-order valence-electron chi connectivity index (χ0n) is 38.5. The third-order valence-corrected chi connectivity index (χ3v) is 11.4. The van der Waals surface area contributed by atoms with Crippen LogP contribution in [-0.4, -0.2) is 74.9 Å². The number of nitrogens with zero attached hydrogens (tertiary/aromatic N) is 1. The van der Waals surface area contributed by atoms with E-state index in [1.54, 1.807) is 0 Å². The number of ether oxygens (including phenoxy) is 2. The first-order valence-electron chi connectivity index (χ1n) is 24.1. The van der Waals surface area contributed by atoms with Crippen molar-refractivity contribution in [3.05, 3.63) is 24.3 Å². The zero-order chi connectivity index (χ0) is 42.8. The number of unbranched alkanes of at least 4 members (excludes halogenated alkanes) is 26. The van der Waals surface area contributed by atoms with Gasteiger partial charge in [0, 0.05) is 12.8 Å². The van der Waals surface area contributed by atoms with Gasteiger partial charge in [0.05, 0.1) is 27.7 Å². The van der Waals surface area contributed by atoms with Crippen LogP contribution in [0.4, 0.5) is 0 Å². The summed E-state index contributed by atoms with van der Waals surface area (Å²) in [6.07, 6.45) is 45.1. The summed E-state index contributed by atoms with van der Waals surface area (Å²) in [7, 11) is 1.48. The van der Waals surface area contributed by atoms with E-state index in [9.17, 15) is 19.0 Å². The second-order valence-electron chi connectivity index (χ2n) is 17.5. The topological polar surface area (TPSA) is 108 Å². The lowest BCUT2D eigenvalue weighted by molar-refractivity contribution is -0.870. The number of phosphoric acid groups is 1. The third kappa shape index (κ3) is 44.1. The smallest absolute Gasteiger partial charge is 0.462 e. The van der Waals surface area contributed by atoms with Crippen LogP contribution in [0.1, 0.15) is 219 Å². The Kier molecular flexibility index (Phi) is 39.8. The first kappa shape index (κ1) is 56.5. The summed E-state index contributed by atoms with van der Waals surface area (Å²) in [4.78, 5) is 35.4. The molecule has 1 unspecified atom stereocenters. The van der Waals surface area contributed by atoms with Crippen LogP contribution in [0.25, 0.3) is 0 Å². The fraction of sp³-hybridized carbons (Fsp3) is 0.875. The molecule has 0 amide bonds. The minimum atomic E-state index is -4.37. The molecule has 58 heavy (non-hydrogen) atoms. The highest BCUT2D eigenvalue weighted by atomic mass is 31.2. The molecular formula is C48H93NO8P+. The number of esters is 2. The molecule has 0 radical (unpaired) electrons. The highest BCUT2D eigenvalue weighted by molar-refractivity contribution is 7.47.